The van der Waals surface area contributed by atoms with Crippen LogP contribution in [-0.4, -0.2) is 50.2 Å². The number of ketones is 1. The molecule has 1 aromatic carbocycles. The number of carbonyl (C=O) groups excluding carboxylic acids is 2. The molecule has 2 aliphatic rings. The van der Waals surface area contributed by atoms with E-state index in [1.54, 1.807) is 18.9 Å². The average molecular weight is 361 g/mol. The minimum atomic E-state index is -0.394. The van der Waals surface area contributed by atoms with Crippen LogP contribution in [0, 0.1) is 5.92 Å². The lowest BCUT2D eigenvalue weighted by atomic mass is 9.86. The molecule has 1 aliphatic carbocycles. The molecule has 1 amide bonds. The highest BCUT2D eigenvalue weighted by Crippen LogP contribution is 2.39. The van der Waals surface area contributed by atoms with E-state index < -0.39 is 6.09 Å². The first-order valence-electron chi connectivity index (χ1n) is 9.21. The van der Waals surface area contributed by atoms with Crippen molar-refractivity contribution in [3.05, 3.63) is 23.8 Å². The van der Waals surface area contributed by atoms with Crippen molar-refractivity contribution in [2.45, 2.75) is 44.6 Å². The largest absolute Gasteiger partial charge is 0.493 e. The van der Waals surface area contributed by atoms with Crippen LogP contribution in [0.3, 0.4) is 0 Å². The van der Waals surface area contributed by atoms with Crippen LogP contribution in [0.5, 0.6) is 11.5 Å². The maximum Gasteiger partial charge on any atom is 0.409 e. The number of rotatable bonds is 5. The molecule has 1 saturated carbocycles. The summed E-state index contributed by atoms with van der Waals surface area (Å²) in [5.74, 6) is 1.19. The second-order valence-corrected chi connectivity index (χ2v) is 7.13. The molecule has 0 N–H and O–H groups in total. The van der Waals surface area contributed by atoms with Crippen molar-refractivity contribution in [2.24, 2.45) is 5.92 Å². The predicted molar refractivity (Wildman–Crippen MR) is 96.8 cm³/mol. The Hall–Kier alpha value is -2.24. The molecule has 1 aliphatic heterocycles. The highest BCUT2D eigenvalue weighted by molar-refractivity contribution is 5.81. The van der Waals surface area contributed by atoms with Crippen LogP contribution in [0.1, 0.15) is 44.1 Å². The van der Waals surface area contributed by atoms with Crippen LogP contribution in [-0.2, 0) is 9.53 Å². The zero-order valence-corrected chi connectivity index (χ0v) is 15.7. The van der Waals surface area contributed by atoms with Crippen molar-refractivity contribution in [1.29, 1.82) is 0 Å². The van der Waals surface area contributed by atoms with E-state index in [0.29, 0.717) is 18.8 Å². The zero-order valence-electron chi connectivity index (χ0n) is 15.7. The average Bonchev–Trinajstić information content (AvgIpc) is 3.30. The molecule has 2 unspecified atom stereocenters. The van der Waals surface area contributed by atoms with E-state index >= 15 is 0 Å². The Balaban J connectivity index is 1.86. The number of hydrogen-bond acceptors (Lipinski definition) is 5. The molecule has 0 spiro atoms. The number of ether oxygens (including phenoxy) is 3. The standard InChI is InChI=1S/C20H27NO5/c1-13(22)16-11-21(20(23)25-3)12-17(16)14-8-9-18(24-2)19(10-14)26-15-6-4-5-7-15/h8-10,15-17H,4-7,11-12H2,1-3H3. The van der Waals surface area contributed by atoms with Crippen molar-refractivity contribution < 1.29 is 23.8 Å². The molecule has 2 fully saturated rings. The van der Waals surface area contributed by atoms with Gasteiger partial charge in [-0.2, -0.15) is 0 Å². The maximum absolute atomic E-state index is 12.1. The summed E-state index contributed by atoms with van der Waals surface area (Å²) >= 11 is 0. The van der Waals surface area contributed by atoms with Gasteiger partial charge in [-0.1, -0.05) is 6.07 Å². The zero-order chi connectivity index (χ0) is 18.7. The number of carbonyl (C=O) groups is 2. The minimum Gasteiger partial charge on any atom is -0.493 e. The van der Waals surface area contributed by atoms with Gasteiger partial charge in [-0.15, -0.1) is 0 Å². The first-order valence-corrected chi connectivity index (χ1v) is 9.21. The van der Waals surface area contributed by atoms with Gasteiger partial charge in [0.2, 0.25) is 0 Å². The van der Waals surface area contributed by atoms with Crippen LogP contribution in [0.4, 0.5) is 4.79 Å². The molecular formula is C20H27NO5. The molecule has 3 rings (SSSR count). The highest BCUT2D eigenvalue weighted by Gasteiger charge is 2.39. The van der Waals surface area contributed by atoms with E-state index in [9.17, 15) is 9.59 Å². The molecule has 0 bridgehead atoms. The van der Waals surface area contributed by atoms with Crippen LogP contribution in [0.25, 0.3) is 0 Å². The first-order chi connectivity index (χ1) is 12.5. The molecule has 6 nitrogen and oxygen atoms in total. The number of benzene rings is 1. The van der Waals surface area contributed by atoms with E-state index in [4.69, 9.17) is 14.2 Å². The van der Waals surface area contributed by atoms with Gasteiger partial charge in [-0.3, -0.25) is 4.79 Å². The van der Waals surface area contributed by atoms with Crippen molar-refractivity contribution in [2.75, 3.05) is 27.3 Å². The van der Waals surface area contributed by atoms with E-state index in [1.807, 2.05) is 18.2 Å². The molecule has 1 saturated heterocycles. The van der Waals surface area contributed by atoms with E-state index in [-0.39, 0.29) is 23.7 Å². The van der Waals surface area contributed by atoms with Crippen molar-refractivity contribution >= 4 is 11.9 Å². The normalized spacial score (nSPS) is 23.1. The van der Waals surface area contributed by atoms with E-state index in [1.165, 1.54) is 20.0 Å². The fourth-order valence-electron chi connectivity index (χ4n) is 4.03. The Morgan fingerprint density at radius 2 is 1.81 bits per heavy atom. The smallest absolute Gasteiger partial charge is 0.409 e. The van der Waals surface area contributed by atoms with Crippen LogP contribution in [0.2, 0.25) is 0 Å². The quantitative estimate of drug-likeness (QED) is 0.804. The minimum absolute atomic E-state index is 0.0663. The maximum atomic E-state index is 12.1. The monoisotopic (exact) mass is 361 g/mol. The summed E-state index contributed by atoms with van der Waals surface area (Å²) < 4.78 is 16.4. The summed E-state index contributed by atoms with van der Waals surface area (Å²) in [5.41, 5.74) is 0.991. The van der Waals surface area contributed by atoms with Crippen LogP contribution in [0.15, 0.2) is 18.2 Å². The van der Waals surface area contributed by atoms with Gasteiger partial charge in [-0.05, 0) is 50.3 Å². The molecule has 142 valence electrons. The second-order valence-electron chi connectivity index (χ2n) is 7.13. The number of Topliss-reactive ketones (excluding diaryl/α,β-unsaturated/α-hetero) is 1. The lowest BCUT2D eigenvalue weighted by Gasteiger charge is -2.20. The van der Waals surface area contributed by atoms with Gasteiger partial charge in [-0.25, -0.2) is 4.79 Å². The van der Waals surface area contributed by atoms with Gasteiger partial charge < -0.3 is 19.1 Å². The lowest BCUT2D eigenvalue weighted by molar-refractivity contribution is -0.120. The predicted octanol–water partition coefficient (Wildman–Crippen LogP) is 3.39. The Kier molecular flexibility index (Phi) is 5.69. The molecule has 2 atom stereocenters. The number of methoxy groups -OCH3 is 2. The fraction of sp³-hybridized carbons (Fsp3) is 0.600. The molecule has 6 heteroatoms. The molecule has 1 heterocycles. The van der Waals surface area contributed by atoms with E-state index in [2.05, 4.69) is 0 Å². The third-order valence-electron chi connectivity index (χ3n) is 5.49. The number of nitrogens with zero attached hydrogens (tertiary/aromatic N) is 1. The Morgan fingerprint density at radius 3 is 2.42 bits per heavy atom. The molecule has 26 heavy (non-hydrogen) atoms. The molecular weight excluding hydrogens is 334 g/mol. The Bertz CT molecular complexity index is 668. The van der Waals surface area contributed by atoms with Gasteiger partial charge in [0.15, 0.2) is 11.5 Å². The van der Waals surface area contributed by atoms with E-state index in [0.717, 1.165) is 24.2 Å². The van der Waals surface area contributed by atoms with Gasteiger partial charge in [0, 0.05) is 24.9 Å². The molecule has 1 aromatic rings. The number of amides is 1. The summed E-state index contributed by atoms with van der Waals surface area (Å²) in [4.78, 5) is 25.6. The number of likely N-dealkylation sites (tertiary alicyclic amines) is 1. The van der Waals surface area contributed by atoms with Gasteiger partial charge in [0.25, 0.3) is 0 Å². The molecule has 0 radical (unpaired) electrons. The highest BCUT2D eigenvalue weighted by atomic mass is 16.5. The van der Waals surface area contributed by atoms with Crippen molar-refractivity contribution in [1.82, 2.24) is 4.90 Å². The third kappa shape index (κ3) is 3.79. The lowest BCUT2D eigenvalue weighted by Crippen LogP contribution is -2.29. The first kappa shape index (κ1) is 18.5. The summed E-state index contributed by atoms with van der Waals surface area (Å²) in [6.07, 6.45) is 4.32. The number of hydrogen-bond donors (Lipinski definition) is 0. The Morgan fingerprint density at radius 1 is 1.08 bits per heavy atom. The van der Waals surface area contributed by atoms with Crippen LogP contribution < -0.4 is 9.47 Å². The van der Waals surface area contributed by atoms with Crippen molar-refractivity contribution in [3.63, 3.8) is 0 Å². The molecule has 0 aromatic heterocycles. The summed E-state index contributed by atoms with van der Waals surface area (Å²) in [6.45, 7) is 2.43. The van der Waals surface area contributed by atoms with Crippen molar-refractivity contribution in [3.8, 4) is 11.5 Å². The summed E-state index contributed by atoms with van der Waals surface area (Å²) in [6, 6.07) is 5.82. The van der Waals surface area contributed by atoms with Gasteiger partial charge in [0.05, 0.1) is 20.3 Å². The summed E-state index contributed by atoms with van der Waals surface area (Å²) in [7, 11) is 2.99. The third-order valence-corrected chi connectivity index (χ3v) is 5.49. The fourth-order valence-corrected chi connectivity index (χ4v) is 4.03. The second kappa shape index (κ2) is 7.98. The van der Waals surface area contributed by atoms with Gasteiger partial charge in [0.1, 0.15) is 5.78 Å². The Labute approximate surface area is 154 Å². The SMILES string of the molecule is COC(=O)N1CC(C(C)=O)C(c2ccc(OC)c(OC3CCCC3)c2)C1. The topological polar surface area (TPSA) is 65.1 Å². The summed E-state index contributed by atoms with van der Waals surface area (Å²) in [5, 5.41) is 0. The van der Waals surface area contributed by atoms with Crippen LogP contribution >= 0.6 is 0 Å². The van der Waals surface area contributed by atoms with Gasteiger partial charge >= 0.3 is 6.09 Å².